The lowest BCUT2D eigenvalue weighted by molar-refractivity contribution is -0.260. The third-order valence-corrected chi connectivity index (χ3v) is 4.31. The van der Waals surface area contributed by atoms with E-state index in [9.17, 15) is 0 Å². The molecule has 0 aromatic rings. The highest BCUT2D eigenvalue weighted by Gasteiger charge is 2.56. The maximum atomic E-state index is 5.93. The molecular weight excluding hydrogens is 202 g/mol. The minimum absolute atomic E-state index is 0.105. The van der Waals surface area contributed by atoms with Gasteiger partial charge < -0.3 is 14.8 Å². The summed E-state index contributed by atoms with van der Waals surface area (Å²) in [6, 6.07) is 0. The predicted molar refractivity (Wildman–Crippen MR) is 64.3 cm³/mol. The zero-order valence-corrected chi connectivity index (χ0v) is 11.1. The molecular formula is C13H25NO2. The topological polar surface area (TPSA) is 30.5 Å². The van der Waals surface area contributed by atoms with Crippen molar-refractivity contribution >= 4 is 0 Å². The van der Waals surface area contributed by atoms with Gasteiger partial charge >= 0.3 is 0 Å². The molecule has 1 N–H and O–H groups in total. The summed E-state index contributed by atoms with van der Waals surface area (Å²) in [6.45, 7) is 9.52. The summed E-state index contributed by atoms with van der Waals surface area (Å²) >= 11 is 0. The molecule has 0 aromatic heterocycles. The van der Waals surface area contributed by atoms with Gasteiger partial charge in [0.15, 0.2) is 5.79 Å². The number of hydrogen-bond acceptors (Lipinski definition) is 3. The zero-order chi connectivity index (χ0) is 11.9. The van der Waals surface area contributed by atoms with Gasteiger partial charge in [-0.3, -0.25) is 0 Å². The Morgan fingerprint density at radius 3 is 2.19 bits per heavy atom. The third-order valence-electron chi connectivity index (χ3n) is 4.31. The number of ether oxygens (including phenoxy) is 2. The molecule has 94 valence electrons. The molecule has 1 unspecified atom stereocenters. The van der Waals surface area contributed by atoms with E-state index in [0.717, 1.165) is 32.6 Å². The van der Waals surface area contributed by atoms with Crippen LogP contribution in [0, 0.1) is 10.8 Å². The highest BCUT2D eigenvalue weighted by Crippen LogP contribution is 2.54. The van der Waals surface area contributed by atoms with Crippen molar-refractivity contribution in [3.05, 3.63) is 0 Å². The zero-order valence-electron chi connectivity index (χ0n) is 11.1. The first kappa shape index (κ1) is 12.3. The smallest absolute Gasteiger partial charge is 0.173 e. The van der Waals surface area contributed by atoms with Crippen LogP contribution in [0.4, 0.5) is 0 Å². The molecule has 0 radical (unpaired) electrons. The lowest BCUT2D eigenvalue weighted by Crippen LogP contribution is -2.54. The molecule has 1 saturated carbocycles. The van der Waals surface area contributed by atoms with E-state index in [-0.39, 0.29) is 11.2 Å². The van der Waals surface area contributed by atoms with Crippen molar-refractivity contribution in [1.82, 2.24) is 5.32 Å². The highest BCUT2D eigenvalue weighted by atomic mass is 16.7. The lowest BCUT2D eigenvalue weighted by atomic mass is 9.61. The summed E-state index contributed by atoms with van der Waals surface area (Å²) in [7, 11) is 2.03. The Labute approximate surface area is 98.9 Å². The maximum absolute atomic E-state index is 5.93. The Morgan fingerprint density at radius 1 is 1.06 bits per heavy atom. The molecule has 1 aliphatic carbocycles. The third kappa shape index (κ3) is 1.89. The molecule has 2 fully saturated rings. The second kappa shape index (κ2) is 3.97. The summed E-state index contributed by atoms with van der Waals surface area (Å²) in [5.41, 5.74) is 0.478. The van der Waals surface area contributed by atoms with E-state index in [2.05, 4.69) is 26.1 Å². The summed E-state index contributed by atoms with van der Waals surface area (Å²) in [4.78, 5) is 0. The monoisotopic (exact) mass is 227 g/mol. The normalized spacial score (nSPS) is 36.8. The summed E-state index contributed by atoms with van der Waals surface area (Å²) in [6.07, 6.45) is 3.36. The van der Waals surface area contributed by atoms with Gasteiger partial charge in [0.25, 0.3) is 0 Å². The molecule has 0 amide bonds. The van der Waals surface area contributed by atoms with Crippen LogP contribution < -0.4 is 5.32 Å². The molecule has 1 atom stereocenters. The Balaban J connectivity index is 2.14. The SMILES string of the molecule is CNCC1(C)CCC2(OCCO2)C(C)(C)C1. The highest BCUT2D eigenvalue weighted by molar-refractivity contribution is 5.00. The lowest BCUT2D eigenvalue weighted by Gasteiger charge is -2.52. The predicted octanol–water partition coefficient (Wildman–Crippen LogP) is 2.17. The van der Waals surface area contributed by atoms with Gasteiger partial charge in [0.05, 0.1) is 13.2 Å². The molecule has 3 heteroatoms. The minimum atomic E-state index is -0.305. The molecule has 3 nitrogen and oxygen atoms in total. The fourth-order valence-electron chi connectivity index (χ4n) is 3.66. The van der Waals surface area contributed by atoms with Crippen molar-refractivity contribution in [1.29, 1.82) is 0 Å². The largest absolute Gasteiger partial charge is 0.347 e. The van der Waals surface area contributed by atoms with E-state index in [1.54, 1.807) is 0 Å². The Morgan fingerprint density at radius 2 is 1.69 bits per heavy atom. The quantitative estimate of drug-likeness (QED) is 0.784. The Bertz CT molecular complexity index is 259. The van der Waals surface area contributed by atoms with Crippen molar-refractivity contribution in [3.63, 3.8) is 0 Å². The molecule has 1 spiro atoms. The van der Waals surface area contributed by atoms with E-state index >= 15 is 0 Å². The summed E-state index contributed by atoms with van der Waals surface area (Å²) in [5.74, 6) is -0.305. The molecule has 1 aliphatic heterocycles. The van der Waals surface area contributed by atoms with E-state index in [4.69, 9.17) is 9.47 Å². The molecule has 1 saturated heterocycles. The van der Waals surface area contributed by atoms with E-state index < -0.39 is 0 Å². The van der Waals surface area contributed by atoms with Crippen LogP contribution in [0.3, 0.4) is 0 Å². The van der Waals surface area contributed by atoms with Crippen LogP contribution in [0.1, 0.15) is 40.0 Å². The maximum Gasteiger partial charge on any atom is 0.173 e. The second-order valence-corrected chi connectivity index (χ2v) is 6.35. The fraction of sp³-hybridized carbons (Fsp3) is 1.00. The molecule has 0 aromatic carbocycles. The van der Waals surface area contributed by atoms with Gasteiger partial charge in [-0.05, 0) is 25.3 Å². The number of nitrogens with one attached hydrogen (secondary N) is 1. The van der Waals surface area contributed by atoms with Gasteiger partial charge in [-0.1, -0.05) is 20.8 Å². The fourth-order valence-corrected chi connectivity index (χ4v) is 3.66. The first-order valence-corrected chi connectivity index (χ1v) is 6.36. The Kier molecular flexibility index (Phi) is 3.06. The van der Waals surface area contributed by atoms with E-state index in [1.807, 2.05) is 7.05 Å². The molecule has 2 rings (SSSR count). The van der Waals surface area contributed by atoms with Crippen LogP contribution in [0.25, 0.3) is 0 Å². The minimum Gasteiger partial charge on any atom is -0.347 e. The standard InChI is InChI=1S/C13H25NO2/c1-11(2)9-12(3,10-14-4)5-6-13(11)15-7-8-16-13/h14H,5-10H2,1-4H3. The van der Waals surface area contributed by atoms with Crippen LogP contribution in [-0.2, 0) is 9.47 Å². The molecule has 0 bridgehead atoms. The van der Waals surface area contributed by atoms with Crippen molar-refractivity contribution < 1.29 is 9.47 Å². The summed E-state index contributed by atoms with van der Waals surface area (Å²) in [5, 5.41) is 3.31. The first-order valence-electron chi connectivity index (χ1n) is 6.36. The van der Waals surface area contributed by atoms with Crippen molar-refractivity contribution in [2.24, 2.45) is 10.8 Å². The van der Waals surface area contributed by atoms with Crippen LogP contribution in [0.5, 0.6) is 0 Å². The van der Waals surface area contributed by atoms with E-state index in [0.29, 0.717) is 5.41 Å². The van der Waals surface area contributed by atoms with Crippen molar-refractivity contribution in [3.8, 4) is 0 Å². The van der Waals surface area contributed by atoms with Crippen LogP contribution in [0.2, 0.25) is 0 Å². The van der Waals surface area contributed by atoms with Gasteiger partial charge in [-0.25, -0.2) is 0 Å². The average molecular weight is 227 g/mol. The van der Waals surface area contributed by atoms with Gasteiger partial charge in [-0.2, -0.15) is 0 Å². The number of rotatable bonds is 2. The van der Waals surface area contributed by atoms with Gasteiger partial charge in [0.1, 0.15) is 0 Å². The van der Waals surface area contributed by atoms with Crippen LogP contribution in [0.15, 0.2) is 0 Å². The second-order valence-electron chi connectivity index (χ2n) is 6.35. The number of hydrogen-bond donors (Lipinski definition) is 1. The average Bonchev–Trinajstić information content (AvgIpc) is 2.62. The molecule has 1 heterocycles. The summed E-state index contributed by atoms with van der Waals surface area (Å²) < 4.78 is 11.9. The van der Waals surface area contributed by atoms with Crippen molar-refractivity contribution in [2.75, 3.05) is 26.8 Å². The first-order chi connectivity index (χ1) is 7.43. The van der Waals surface area contributed by atoms with Gasteiger partial charge in [-0.15, -0.1) is 0 Å². The van der Waals surface area contributed by atoms with Gasteiger partial charge in [0.2, 0.25) is 0 Å². The van der Waals surface area contributed by atoms with Crippen molar-refractivity contribution in [2.45, 2.75) is 45.8 Å². The van der Waals surface area contributed by atoms with Gasteiger partial charge in [0, 0.05) is 18.4 Å². The van der Waals surface area contributed by atoms with Crippen LogP contribution >= 0.6 is 0 Å². The molecule has 2 aliphatic rings. The Hall–Kier alpha value is -0.120. The van der Waals surface area contributed by atoms with Crippen LogP contribution in [-0.4, -0.2) is 32.6 Å². The van der Waals surface area contributed by atoms with E-state index in [1.165, 1.54) is 6.42 Å². The molecule has 16 heavy (non-hydrogen) atoms.